The van der Waals surface area contributed by atoms with E-state index < -0.39 is 0 Å². The summed E-state index contributed by atoms with van der Waals surface area (Å²) in [6, 6.07) is 58.2. The van der Waals surface area contributed by atoms with Gasteiger partial charge in [-0.2, -0.15) is 8.75 Å². The van der Waals surface area contributed by atoms with E-state index in [-0.39, 0.29) is 0 Å². The summed E-state index contributed by atoms with van der Waals surface area (Å²) >= 11 is 1.23. The van der Waals surface area contributed by atoms with E-state index in [4.69, 9.17) is 24.3 Å². The third-order valence-electron chi connectivity index (χ3n) is 9.58. The molecule has 7 aromatic carbocycles. The monoisotopic (exact) mass is 696 g/mol. The van der Waals surface area contributed by atoms with Gasteiger partial charge >= 0.3 is 0 Å². The number of benzene rings is 7. The van der Waals surface area contributed by atoms with E-state index >= 15 is 0 Å². The lowest BCUT2D eigenvalue weighted by molar-refractivity contribution is 1.07. The van der Waals surface area contributed by atoms with E-state index in [1.807, 2.05) is 36.4 Å². The lowest BCUT2D eigenvalue weighted by Gasteiger charge is -2.13. The lowest BCUT2D eigenvalue weighted by atomic mass is 9.98. The highest BCUT2D eigenvalue weighted by molar-refractivity contribution is 7.00. The molecule has 6 nitrogen and oxygen atoms in total. The maximum absolute atomic E-state index is 5.29. The van der Waals surface area contributed by atoms with Gasteiger partial charge in [0.2, 0.25) is 0 Å². The molecule has 0 unspecified atom stereocenters. The molecular formula is C46H28N6S. The van der Waals surface area contributed by atoms with Crippen LogP contribution < -0.4 is 0 Å². The van der Waals surface area contributed by atoms with Crippen LogP contribution in [-0.2, 0) is 0 Å². The van der Waals surface area contributed by atoms with Gasteiger partial charge in [0.05, 0.1) is 22.9 Å². The lowest BCUT2D eigenvalue weighted by Crippen LogP contribution is -2.01. The van der Waals surface area contributed by atoms with Crippen LogP contribution in [0.4, 0.5) is 0 Å². The fourth-order valence-corrected chi connectivity index (χ4v) is 7.54. The molecule has 3 heterocycles. The number of fused-ring (bicyclic) bond motifs is 5. The Bertz CT molecular complexity index is 2840. The highest BCUT2D eigenvalue weighted by atomic mass is 32.1. The average Bonchev–Trinajstić information content (AvgIpc) is 3.73. The first-order chi connectivity index (χ1) is 26.2. The van der Waals surface area contributed by atoms with Gasteiger partial charge in [-0.15, -0.1) is 0 Å². The summed E-state index contributed by atoms with van der Waals surface area (Å²) in [7, 11) is 0. The Balaban J connectivity index is 1.19. The predicted molar refractivity (Wildman–Crippen MR) is 216 cm³/mol. The molecule has 0 saturated heterocycles. The summed E-state index contributed by atoms with van der Waals surface area (Å²) in [6.07, 6.45) is 0. The first-order valence-electron chi connectivity index (χ1n) is 17.4. The molecule has 0 radical (unpaired) electrons. The summed E-state index contributed by atoms with van der Waals surface area (Å²) in [6.45, 7) is 0. The molecule has 0 aliphatic heterocycles. The van der Waals surface area contributed by atoms with E-state index in [1.54, 1.807) is 0 Å². The molecule has 10 aromatic rings. The van der Waals surface area contributed by atoms with Crippen molar-refractivity contribution in [1.29, 1.82) is 0 Å². The molecular weight excluding hydrogens is 669 g/mol. The van der Waals surface area contributed by atoms with Gasteiger partial charge in [-0.1, -0.05) is 140 Å². The molecule has 0 amide bonds. The van der Waals surface area contributed by atoms with Crippen LogP contribution in [0.3, 0.4) is 0 Å². The largest absolute Gasteiger partial charge is 0.247 e. The van der Waals surface area contributed by atoms with Gasteiger partial charge in [0.15, 0.2) is 17.5 Å². The van der Waals surface area contributed by atoms with E-state index in [2.05, 4.69) is 138 Å². The first kappa shape index (κ1) is 30.8. The van der Waals surface area contributed by atoms with Crippen LogP contribution in [0.15, 0.2) is 170 Å². The molecule has 0 aliphatic carbocycles. The second-order valence-corrected chi connectivity index (χ2v) is 13.4. The molecule has 0 aliphatic rings. The molecule has 0 atom stereocenters. The number of hydrogen-bond acceptors (Lipinski definition) is 7. The minimum Gasteiger partial charge on any atom is -0.247 e. The van der Waals surface area contributed by atoms with Crippen molar-refractivity contribution in [3.63, 3.8) is 0 Å². The molecule has 0 bridgehead atoms. The highest BCUT2D eigenvalue weighted by Crippen LogP contribution is 2.38. The Morgan fingerprint density at radius 1 is 0.321 bits per heavy atom. The fraction of sp³-hybridized carbons (Fsp3) is 0. The maximum Gasteiger partial charge on any atom is 0.164 e. The van der Waals surface area contributed by atoms with Gasteiger partial charge in [-0.3, -0.25) is 0 Å². The van der Waals surface area contributed by atoms with E-state index in [9.17, 15) is 0 Å². The van der Waals surface area contributed by atoms with Crippen molar-refractivity contribution in [3.05, 3.63) is 170 Å². The Labute approximate surface area is 309 Å². The molecule has 7 heteroatoms. The van der Waals surface area contributed by atoms with Crippen LogP contribution in [0.1, 0.15) is 0 Å². The molecule has 10 rings (SSSR count). The predicted octanol–water partition coefficient (Wildman–Crippen LogP) is 11.6. The van der Waals surface area contributed by atoms with Crippen molar-refractivity contribution in [1.82, 2.24) is 28.7 Å². The van der Waals surface area contributed by atoms with Crippen molar-refractivity contribution < 1.29 is 0 Å². The van der Waals surface area contributed by atoms with Crippen molar-refractivity contribution in [2.24, 2.45) is 0 Å². The Morgan fingerprint density at radius 2 is 0.811 bits per heavy atom. The zero-order chi connectivity index (χ0) is 35.1. The second kappa shape index (κ2) is 13.0. The van der Waals surface area contributed by atoms with E-state index in [1.165, 1.54) is 11.7 Å². The van der Waals surface area contributed by atoms with Crippen LogP contribution in [-0.4, -0.2) is 28.7 Å². The molecule has 3 aromatic heterocycles. The molecule has 0 spiro atoms. The maximum atomic E-state index is 5.29. The van der Waals surface area contributed by atoms with Crippen LogP contribution in [0, 0.1) is 0 Å². The topological polar surface area (TPSA) is 77.3 Å². The van der Waals surface area contributed by atoms with Crippen molar-refractivity contribution >= 4 is 44.4 Å². The quantitative estimate of drug-likeness (QED) is 0.161. The third-order valence-corrected chi connectivity index (χ3v) is 10.1. The first-order valence-corrected chi connectivity index (χ1v) is 18.1. The van der Waals surface area contributed by atoms with E-state index in [0.29, 0.717) is 17.5 Å². The summed E-state index contributed by atoms with van der Waals surface area (Å²) in [5, 5.41) is 3.08. The number of nitrogens with zero attached hydrogens (tertiary/aromatic N) is 6. The average molecular weight is 697 g/mol. The Kier molecular flexibility index (Phi) is 7.55. The molecule has 0 saturated carbocycles. The van der Waals surface area contributed by atoms with Gasteiger partial charge < -0.3 is 0 Å². The number of aromatic nitrogens is 6. The van der Waals surface area contributed by atoms with Crippen LogP contribution in [0.2, 0.25) is 0 Å². The van der Waals surface area contributed by atoms with Crippen LogP contribution in [0.25, 0.3) is 100 Å². The zero-order valence-electron chi connectivity index (χ0n) is 28.3. The molecule has 248 valence electrons. The van der Waals surface area contributed by atoms with Gasteiger partial charge in [0, 0.05) is 38.4 Å². The van der Waals surface area contributed by atoms with Gasteiger partial charge in [0.1, 0.15) is 11.0 Å². The third kappa shape index (κ3) is 5.69. The number of hydrogen-bond donors (Lipinski definition) is 0. The normalized spacial score (nSPS) is 11.4. The summed E-state index contributed by atoms with van der Waals surface area (Å²) < 4.78 is 9.28. The summed E-state index contributed by atoms with van der Waals surface area (Å²) in [5.74, 6) is 1.76. The number of pyridine rings is 1. The minimum absolute atomic E-state index is 0.568. The Hall–Kier alpha value is -6.96. The second-order valence-electron chi connectivity index (χ2n) is 12.9. The Morgan fingerprint density at radius 3 is 1.40 bits per heavy atom. The van der Waals surface area contributed by atoms with Crippen molar-refractivity contribution in [2.45, 2.75) is 0 Å². The van der Waals surface area contributed by atoms with Gasteiger partial charge in [-0.25, -0.2) is 19.9 Å². The number of rotatable bonds is 6. The SMILES string of the molecule is c1ccc(-c2cccc(-c3nc(-c4cccc(-c5ccccc5)c4)nc(-c4ccc5c(c4)nc(-c4ccccc4)c4ccc6nsnc6c45)n3)c2)cc1. The highest BCUT2D eigenvalue weighted by Gasteiger charge is 2.18. The van der Waals surface area contributed by atoms with Crippen molar-refractivity contribution in [2.75, 3.05) is 0 Å². The zero-order valence-corrected chi connectivity index (χ0v) is 29.1. The van der Waals surface area contributed by atoms with Crippen LogP contribution >= 0.6 is 11.7 Å². The molecule has 0 fully saturated rings. The summed E-state index contributed by atoms with van der Waals surface area (Å²) in [5.41, 5.74) is 11.6. The molecule has 53 heavy (non-hydrogen) atoms. The standard InChI is InChI=1S/C46H28N6S/c1-4-12-29(13-5-1)32-18-10-20-34(26-32)44-48-45(35-21-11-19-33(27-35)30-14-6-2-7-15-30)50-46(49-44)36-22-23-37-40(28-36)47-42(31-16-8-3-9-17-31)38-24-25-39-43(41(37)38)52-53-51-39/h1-28H. The van der Waals surface area contributed by atoms with Gasteiger partial charge in [0.25, 0.3) is 0 Å². The molecule has 0 N–H and O–H groups in total. The van der Waals surface area contributed by atoms with Crippen molar-refractivity contribution in [3.8, 4) is 67.7 Å². The minimum atomic E-state index is 0.568. The van der Waals surface area contributed by atoms with Crippen LogP contribution in [0.5, 0.6) is 0 Å². The smallest absolute Gasteiger partial charge is 0.164 e. The fourth-order valence-electron chi connectivity index (χ4n) is 6.99. The van der Waals surface area contributed by atoms with E-state index in [0.717, 1.165) is 82.9 Å². The summed E-state index contributed by atoms with van der Waals surface area (Å²) in [4.78, 5) is 20.7. The van der Waals surface area contributed by atoms with Gasteiger partial charge in [-0.05, 0) is 52.6 Å².